The molecular formula is C13H20N4O. The van der Waals surface area contributed by atoms with Crippen molar-refractivity contribution >= 4 is 11.6 Å². The zero-order valence-electron chi connectivity index (χ0n) is 10.9. The smallest absolute Gasteiger partial charge is 0.256 e. The summed E-state index contributed by atoms with van der Waals surface area (Å²) >= 11 is 0. The van der Waals surface area contributed by atoms with Crippen LogP contribution in [0.25, 0.3) is 0 Å². The van der Waals surface area contributed by atoms with Crippen LogP contribution in [-0.4, -0.2) is 28.9 Å². The van der Waals surface area contributed by atoms with Gasteiger partial charge in [-0.15, -0.1) is 0 Å². The summed E-state index contributed by atoms with van der Waals surface area (Å²) in [5.74, 6) is 5.44. The van der Waals surface area contributed by atoms with Crippen LogP contribution in [0, 0.1) is 5.41 Å². The van der Waals surface area contributed by atoms with Gasteiger partial charge in [0.2, 0.25) is 0 Å². The number of anilines is 1. The van der Waals surface area contributed by atoms with Gasteiger partial charge in [0, 0.05) is 19.3 Å². The molecule has 0 radical (unpaired) electrons. The lowest BCUT2D eigenvalue weighted by molar-refractivity contribution is 0.0584. The number of rotatable bonds is 2. The molecule has 1 amide bonds. The first-order valence-electron chi connectivity index (χ1n) is 6.23. The molecule has 1 aliphatic rings. The zero-order valence-corrected chi connectivity index (χ0v) is 10.9. The Bertz CT molecular complexity index is 444. The average molecular weight is 248 g/mol. The molecule has 5 nitrogen and oxygen atoms in total. The van der Waals surface area contributed by atoms with Crippen molar-refractivity contribution in [2.75, 3.05) is 18.5 Å². The Balaban J connectivity index is 2.20. The highest BCUT2D eigenvalue weighted by molar-refractivity contribution is 5.99. The molecule has 1 aromatic heterocycles. The van der Waals surface area contributed by atoms with Crippen LogP contribution in [0.1, 0.15) is 37.0 Å². The molecule has 1 aliphatic heterocycles. The van der Waals surface area contributed by atoms with Crippen LogP contribution in [-0.2, 0) is 0 Å². The molecule has 0 bridgehead atoms. The Kier molecular flexibility index (Phi) is 3.52. The van der Waals surface area contributed by atoms with E-state index >= 15 is 0 Å². The molecule has 0 unspecified atom stereocenters. The molecule has 0 aromatic carbocycles. The number of hydrazine groups is 1. The number of nitrogens with two attached hydrogens (primary N) is 1. The average Bonchev–Trinajstić information content (AvgIpc) is 2.36. The van der Waals surface area contributed by atoms with Crippen molar-refractivity contribution in [3.05, 3.63) is 24.0 Å². The highest BCUT2D eigenvalue weighted by Gasteiger charge is 2.30. The number of nitrogen functional groups attached to an aromatic ring is 1. The summed E-state index contributed by atoms with van der Waals surface area (Å²) in [5.41, 5.74) is 3.88. The lowest BCUT2D eigenvalue weighted by atomic mass is 9.84. The van der Waals surface area contributed by atoms with Crippen molar-refractivity contribution in [2.45, 2.75) is 26.7 Å². The molecule has 1 fully saturated rings. The maximum atomic E-state index is 12.5. The van der Waals surface area contributed by atoms with Crippen LogP contribution in [0.15, 0.2) is 18.5 Å². The van der Waals surface area contributed by atoms with E-state index in [4.69, 9.17) is 5.84 Å². The molecule has 0 saturated carbocycles. The summed E-state index contributed by atoms with van der Waals surface area (Å²) in [4.78, 5) is 18.3. The Morgan fingerprint density at radius 2 is 2.33 bits per heavy atom. The molecular weight excluding hydrogens is 228 g/mol. The van der Waals surface area contributed by atoms with Crippen LogP contribution < -0.4 is 11.3 Å². The van der Waals surface area contributed by atoms with Crippen molar-refractivity contribution in [3.63, 3.8) is 0 Å². The number of aromatic nitrogens is 1. The van der Waals surface area contributed by atoms with Crippen LogP contribution in [0.5, 0.6) is 0 Å². The molecule has 0 atom stereocenters. The van der Waals surface area contributed by atoms with Crippen molar-refractivity contribution in [2.24, 2.45) is 11.3 Å². The largest absolute Gasteiger partial charge is 0.338 e. The fraction of sp³-hybridized carbons (Fsp3) is 0.538. The minimum atomic E-state index is 0.0260. The van der Waals surface area contributed by atoms with E-state index in [0.717, 1.165) is 25.9 Å². The maximum absolute atomic E-state index is 12.5. The topological polar surface area (TPSA) is 71.2 Å². The summed E-state index contributed by atoms with van der Waals surface area (Å²) in [6.07, 6.45) is 5.40. The number of hydrogen-bond donors (Lipinski definition) is 2. The number of carbonyl (C=O) groups excluding carboxylic acids is 1. The Morgan fingerprint density at radius 1 is 1.56 bits per heavy atom. The molecule has 0 spiro atoms. The quantitative estimate of drug-likeness (QED) is 0.616. The van der Waals surface area contributed by atoms with Gasteiger partial charge in [0.25, 0.3) is 5.91 Å². The van der Waals surface area contributed by atoms with Gasteiger partial charge < -0.3 is 10.3 Å². The normalized spacial score (nSPS) is 18.5. The second kappa shape index (κ2) is 4.94. The van der Waals surface area contributed by atoms with Gasteiger partial charge in [-0.05, 0) is 24.3 Å². The monoisotopic (exact) mass is 248 g/mol. The summed E-state index contributed by atoms with van der Waals surface area (Å²) in [7, 11) is 0. The SMILES string of the molecule is CC1(C)CCCN(C(=O)c2ccncc2NN)C1. The first-order valence-corrected chi connectivity index (χ1v) is 6.23. The Labute approximate surface area is 107 Å². The van der Waals surface area contributed by atoms with Crippen molar-refractivity contribution in [1.82, 2.24) is 9.88 Å². The predicted molar refractivity (Wildman–Crippen MR) is 71.0 cm³/mol. The van der Waals surface area contributed by atoms with Crippen LogP contribution in [0.2, 0.25) is 0 Å². The van der Waals surface area contributed by atoms with Crippen LogP contribution >= 0.6 is 0 Å². The Morgan fingerprint density at radius 3 is 3.00 bits per heavy atom. The van der Waals surface area contributed by atoms with Crippen molar-refractivity contribution in [3.8, 4) is 0 Å². The van der Waals surface area contributed by atoms with E-state index in [9.17, 15) is 4.79 Å². The number of amides is 1. The highest BCUT2D eigenvalue weighted by atomic mass is 16.2. The van der Waals surface area contributed by atoms with Gasteiger partial charge >= 0.3 is 0 Å². The number of pyridine rings is 1. The minimum Gasteiger partial charge on any atom is -0.338 e. The molecule has 3 N–H and O–H groups in total. The third-order valence-corrected chi connectivity index (χ3v) is 3.39. The van der Waals surface area contributed by atoms with Gasteiger partial charge in [0.1, 0.15) is 0 Å². The molecule has 2 heterocycles. The fourth-order valence-electron chi connectivity index (χ4n) is 2.46. The standard InChI is InChI=1S/C13H20N4O/c1-13(2)5-3-7-17(9-13)12(18)10-4-6-15-8-11(10)16-14/h4,6,8,16H,3,5,7,9,14H2,1-2H3. The molecule has 2 rings (SSSR count). The van der Waals surface area contributed by atoms with Gasteiger partial charge in [-0.2, -0.15) is 0 Å². The molecule has 5 heteroatoms. The summed E-state index contributed by atoms with van der Waals surface area (Å²) in [5, 5.41) is 0. The molecule has 98 valence electrons. The minimum absolute atomic E-state index is 0.0260. The number of carbonyl (C=O) groups is 1. The van der Waals surface area contributed by atoms with E-state index in [2.05, 4.69) is 24.3 Å². The van der Waals surface area contributed by atoms with E-state index in [1.54, 1.807) is 18.5 Å². The first kappa shape index (κ1) is 12.8. The number of nitrogens with zero attached hydrogens (tertiary/aromatic N) is 2. The van der Waals surface area contributed by atoms with Gasteiger partial charge in [-0.3, -0.25) is 15.6 Å². The van der Waals surface area contributed by atoms with Crippen LogP contribution in [0.4, 0.5) is 5.69 Å². The second-order valence-corrected chi connectivity index (χ2v) is 5.56. The van der Waals surface area contributed by atoms with Gasteiger partial charge in [-0.25, -0.2) is 0 Å². The summed E-state index contributed by atoms with van der Waals surface area (Å²) in [6.45, 7) is 5.99. The van der Waals surface area contributed by atoms with Gasteiger partial charge in [0.15, 0.2) is 0 Å². The van der Waals surface area contributed by atoms with Crippen molar-refractivity contribution in [1.29, 1.82) is 0 Å². The predicted octanol–water partition coefficient (Wildman–Crippen LogP) is 1.63. The second-order valence-electron chi connectivity index (χ2n) is 5.56. The Hall–Kier alpha value is -1.62. The lowest BCUT2D eigenvalue weighted by Gasteiger charge is -2.38. The van der Waals surface area contributed by atoms with E-state index in [0.29, 0.717) is 11.3 Å². The molecule has 18 heavy (non-hydrogen) atoms. The molecule has 1 aromatic rings. The van der Waals surface area contributed by atoms with E-state index in [-0.39, 0.29) is 11.3 Å². The van der Waals surface area contributed by atoms with E-state index < -0.39 is 0 Å². The maximum Gasteiger partial charge on any atom is 0.256 e. The third-order valence-electron chi connectivity index (χ3n) is 3.39. The lowest BCUT2D eigenvalue weighted by Crippen LogP contribution is -2.43. The summed E-state index contributed by atoms with van der Waals surface area (Å²) < 4.78 is 0. The number of likely N-dealkylation sites (tertiary alicyclic amines) is 1. The van der Waals surface area contributed by atoms with Crippen LogP contribution in [0.3, 0.4) is 0 Å². The number of piperidine rings is 1. The fourth-order valence-corrected chi connectivity index (χ4v) is 2.46. The van der Waals surface area contributed by atoms with E-state index in [1.807, 2.05) is 4.90 Å². The third kappa shape index (κ3) is 2.61. The zero-order chi connectivity index (χ0) is 13.2. The molecule has 0 aliphatic carbocycles. The summed E-state index contributed by atoms with van der Waals surface area (Å²) in [6, 6.07) is 1.71. The van der Waals surface area contributed by atoms with Crippen molar-refractivity contribution < 1.29 is 4.79 Å². The number of nitrogens with one attached hydrogen (secondary N) is 1. The highest BCUT2D eigenvalue weighted by Crippen LogP contribution is 2.29. The molecule has 1 saturated heterocycles. The first-order chi connectivity index (χ1) is 8.53. The van der Waals surface area contributed by atoms with Gasteiger partial charge in [-0.1, -0.05) is 13.8 Å². The number of hydrogen-bond acceptors (Lipinski definition) is 4. The van der Waals surface area contributed by atoms with E-state index in [1.165, 1.54) is 0 Å². The van der Waals surface area contributed by atoms with Gasteiger partial charge in [0.05, 0.1) is 17.4 Å².